The first kappa shape index (κ1) is 19.1. The van der Waals surface area contributed by atoms with Crippen LogP contribution in [0.3, 0.4) is 0 Å². The Labute approximate surface area is 160 Å². The highest BCUT2D eigenvalue weighted by Gasteiger charge is 2.26. The third-order valence-corrected chi connectivity index (χ3v) is 5.71. The first-order valence-electron chi connectivity index (χ1n) is 9.32. The van der Waals surface area contributed by atoms with Gasteiger partial charge in [-0.3, -0.25) is 9.48 Å². The van der Waals surface area contributed by atoms with E-state index in [0.717, 1.165) is 16.3 Å². The third kappa shape index (κ3) is 4.36. The Morgan fingerprint density at radius 2 is 2.00 bits per heavy atom. The molecule has 4 nitrogen and oxygen atoms in total. The standard InChI is InChI=1S/C21H27ClN2O2/c1-15(25)21(2,3)26-14-18-12-20(16-8-4-5-9-16)24(23-18)13-17-10-6-7-11-19(17)22/h6-7,10-12,16H,4-5,8-9,13-14H2,1-3H3. The molecule has 0 saturated heterocycles. The van der Waals surface area contributed by atoms with E-state index in [9.17, 15) is 4.79 Å². The van der Waals surface area contributed by atoms with E-state index in [2.05, 4.69) is 10.7 Å². The van der Waals surface area contributed by atoms with Crippen LogP contribution in [0.4, 0.5) is 0 Å². The summed E-state index contributed by atoms with van der Waals surface area (Å²) in [6.45, 7) is 6.14. The molecule has 26 heavy (non-hydrogen) atoms. The summed E-state index contributed by atoms with van der Waals surface area (Å²) in [5, 5.41) is 5.54. The van der Waals surface area contributed by atoms with Gasteiger partial charge >= 0.3 is 0 Å². The van der Waals surface area contributed by atoms with Crippen molar-refractivity contribution in [3.63, 3.8) is 0 Å². The van der Waals surface area contributed by atoms with Gasteiger partial charge in [0.1, 0.15) is 5.60 Å². The highest BCUT2D eigenvalue weighted by atomic mass is 35.5. The summed E-state index contributed by atoms with van der Waals surface area (Å²) in [6.07, 6.45) is 4.94. The number of halogens is 1. The van der Waals surface area contributed by atoms with Crippen molar-refractivity contribution in [2.24, 2.45) is 0 Å². The fourth-order valence-electron chi connectivity index (χ4n) is 3.38. The van der Waals surface area contributed by atoms with Crippen LogP contribution >= 0.6 is 11.6 Å². The van der Waals surface area contributed by atoms with Gasteiger partial charge in [-0.2, -0.15) is 5.10 Å². The van der Waals surface area contributed by atoms with Crippen molar-refractivity contribution >= 4 is 17.4 Å². The molecule has 0 radical (unpaired) electrons. The van der Waals surface area contributed by atoms with Gasteiger partial charge in [0.15, 0.2) is 5.78 Å². The van der Waals surface area contributed by atoms with Crippen LogP contribution < -0.4 is 0 Å². The Bertz CT molecular complexity index is 776. The summed E-state index contributed by atoms with van der Waals surface area (Å²) in [5.74, 6) is 0.559. The number of hydrogen-bond acceptors (Lipinski definition) is 3. The highest BCUT2D eigenvalue weighted by molar-refractivity contribution is 6.31. The van der Waals surface area contributed by atoms with Crippen molar-refractivity contribution in [2.45, 2.75) is 71.1 Å². The number of rotatable bonds is 7. The fraction of sp³-hybridized carbons (Fsp3) is 0.524. The zero-order chi connectivity index (χ0) is 18.7. The lowest BCUT2D eigenvalue weighted by atomic mass is 10.0. The molecule has 0 N–H and O–H groups in total. The van der Waals surface area contributed by atoms with E-state index in [1.54, 1.807) is 20.8 Å². The third-order valence-electron chi connectivity index (χ3n) is 5.34. The van der Waals surface area contributed by atoms with Gasteiger partial charge in [-0.1, -0.05) is 42.6 Å². The number of carbonyl (C=O) groups is 1. The molecule has 140 valence electrons. The first-order valence-corrected chi connectivity index (χ1v) is 9.69. The molecule has 1 heterocycles. The normalized spacial score (nSPS) is 15.5. The van der Waals surface area contributed by atoms with Gasteiger partial charge in [0, 0.05) is 16.6 Å². The van der Waals surface area contributed by atoms with Gasteiger partial charge in [0.05, 0.1) is 18.8 Å². The molecule has 1 saturated carbocycles. The Kier molecular flexibility index (Phi) is 5.83. The van der Waals surface area contributed by atoms with Gasteiger partial charge in [-0.25, -0.2) is 0 Å². The van der Waals surface area contributed by atoms with E-state index in [4.69, 9.17) is 21.4 Å². The molecular formula is C21H27ClN2O2. The number of ether oxygens (including phenoxy) is 1. The number of ketones is 1. The van der Waals surface area contributed by atoms with Crippen LogP contribution in [-0.4, -0.2) is 21.2 Å². The SMILES string of the molecule is CC(=O)C(C)(C)OCc1cc(C2CCCC2)n(Cc2ccccc2Cl)n1. The fourth-order valence-corrected chi connectivity index (χ4v) is 3.57. The summed E-state index contributed by atoms with van der Waals surface area (Å²) in [5.41, 5.74) is 2.39. The number of benzene rings is 1. The van der Waals surface area contributed by atoms with Crippen LogP contribution in [0.2, 0.25) is 5.02 Å². The molecule has 0 aliphatic heterocycles. The average Bonchev–Trinajstić information content (AvgIpc) is 3.24. The monoisotopic (exact) mass is 374 g/mol. The van der Waals surface area contributed by atoms with Crippen molar-refractivity contribution in [2.75, 3.05) is 0 Å². The molecule has 5 heteroatoms. The van der Waals surface area contributed by atoms with E-state index < -0.39 is 5.60 Å². The zero-order valence-electron chi connectivity index (χ0n) is 15.8. The van der Waals surface area contributed by atoms with Gasteiger partial charge in [0.25, 0.3) is 0 Å². The van der Waals surface area contributed by atoms with Crippen LogP contribution in [0.5, 0.6) is 0 Å². The predicted octanol–water partition coefficient (Wildman–Crippen LogP) is 5.13. The van der Waals surface area contributed by atoms with Crippen LogP contribution in [0.25, 0.3) is 0 Å². The Hall–Kier alpha value is -1.65. The topological polar surface area (TPSA) is 44.1 Å². The Morgan fingerprint density at radius 3 is 2.65 bits per heavy atom. The maximum atomic E-state index is 11.7. The van der Waals surface area contributed by atoms with Crippen molar-refractivity contribution in [3.8, 4) is 0 Å². The van der Waals surface area contributed by atoms with Gasteiger partial charge in [-0.05, 0) is 51.3 Å². The lowest BCUT2D eigenvalue weighted by molar-refractivity contribution is -0.139. The minimum absolute atomic E-state index is 0.0176. The average molecular weight is 375 g/mol. The largest absolute Gasteiger partial charge is 0.361 e. The molecule has 3 rings (SSSR count). The first-order chi connectivity index (χ1) is 12.4. The number of nitrogens with zero attached hydrogens (tertiary/aromatic N) is 2. The van der Waals surface area contributed by atoms with Crippen LogP contribution in [0.15, 0.2) is 30.3 Å². The molecule has 1 fully saturated rings. The molecule has 2 aromatic rings. The molecule has 1 aliphatic rings. The van der Waals surface area contributed by atoms with E-state index in [1.807, 2.05) is 24.3 Å². The second kappa shape index (κ2) is 7.93. The van der Waals surface area contributed by atoms with Crippen LogP contribution in [-0.2, 0) is 22.7 Å². The van der Waals surface area contributed by atoms with Crippen LogP contribution in [0, 0.1) is 0 Å². The molecule has 1 aromatic carbocycles. The molecule has 0 bridgehead atoms. The van der Waals surface area contributed by atoms with Crippen molar-refractivity contribution in [1.29, 1.82) is 0 Å². The number of hydrogen-bond donors (Lipinski definition) is 0. The molecule has 1 aliphatic carbocycles. The molecule has 0 amide bonds. The zero-order valence-corrected chi connectivity index (χ0v) is 16.6. The van der Waals surface area contributed by atoms with E-state index >= 15 is 0 Å². The predicted molar refractivity (Wildman–Crippen MR) is 104 cm³/mol. The Balaban J connectivity index is 1.83. The molecular weight excluding hydrogens is 348 g/mol. The summed E-state index contributed by atoms with van der Waals surface area (Å²) in [4.78, 5) is 11.7. The minimum atomic E-state index is -0.792. The van der Waals surface area contributed by atoms with Gasteiger partial charge in [0.2, 0.25) is 0 Å². The summed E-state index contributed by atoms with van der Waals surface area (Å²) >= 11 is 6.35. The number of Topliss-reactive ketones (excluding diaryl/α,β-unsaturated/α-hetero) is 1. The van der Waals surface area contributed by atoms with Crippen molar-refractivity contribution < 1.29 is 9.53 Å². The van der Waals surface area contributed by atoms with Gasteiger partial charge < -0.3 is 4.74 Å². The summed E-state index contributed by atoms with van der Waals surface area (Å²) < 4.78 is 7.90. The Morgan fingerprint density at radius 1 is 1.31 bits per heavy atom. The maximum absolute atomic E-state index is 11.7. The number of carbonyl (C=O) groups excluding carboxylic acids is 1. The summed E-state index contributed by atoms with van der Waals surface area (Å²) in [7, 11) is 0. The maximum Gasteiger partial charge on any atom is 0.161 e. The minimum Gasteiger partial charge on any atom is -0.361 e. The molecule has 0 unspecified atom stereocenters. The van der Waals surface area contributed by atoms with Crippen LogP contribution in [0.1, 0.15) is 69.3 Å². The van der Waals surface area contributed by atoms with Gasteiger partial charge in [-0.15, -0.1) is 0 Å². The molecule has 0 spiro atoms. The van der Waals surface area contributed by atoms with E-state index in [0.29, 0.717) is 19.1 Å². The molecule has 0 atom stereocenters. The van der Waals surface area contributed by atoms with Crippen molar-refractivity contribution in [3.05, 3.63) is 52.3 Å². The van der Waals surface area contributed by atoms with E-state index in [1.165, 1.54) is 31.4 Å². The lowest BCUT2D eigenvalue weighted by Gasteiger charge is -2.21. The smallest absolute Gasteiger partial charge is 0.161 e. The second-order valence-corrected chi connectivity index (χ2v) is 8.05. The van der Waals surface area contributed by atoms with E-state index in [-0.39, 0.29) is 5.78 Å². The quantitative estimate of drug-likeness (QED) is 0.675. The lowest BCUT2D eigenvalue weighted by Crippen LogP contribution is -2.32. The summed E-state index contributed by atoms with van der Waals surface area (Å²) in [6, 6.07) is 10.0. The second-order valence-electron chi connectivity index (χ2n) is 7.65. The number of aromatic nitrogens is 2. The highest BCUT2D eigenvalue weighted by Crippen LogP contribution is 2.35. The molecule has 1 aromatic heterocycles. The van der Waals surface area contributed by atoms with Crippen molar-refractivity contribution in [1.82, 2.24) is 9.78 Å².